The molecule has 1 atom stereocenters. The van der Waals surface area contributed by atoms with Gasteiger partial charge >= 0.3 is 0 Å². The minimum atomic E-state index is 0.473. The highest BCUT2D eigenvalue weighted by Crippen LogP contribution is 2.29. The molecule has 1 aliphatic rings. The Bertz CT molecular complexity index is 566. The molecule has 1 unspecified atom stereocenters. The molecule has 0 saturated carbocycles. The lowest BCUT2D eigenvalue weighted by atomic mass is 10.1. The van der Waals surface area contributed by atoms with Gasteiger partial charge in [-0.25, -0.2) is 4.98 Å². The lowest BCUT2D eigenvalue weighted by molar-refractivity contribution is 0.251. The van der Waals surface area contributed by atoms with E-state index in [2.05, 4.69) is 19.9 Å². The maximum Gasteiger partial charge on any atom is 0.232 e. The molecule has 0 spiro atoms. The summed E-state index contributed by atoms with van der Waals surface area (Å²) in [5.74, 6) is 1.05. The number of ether oxygens (including phenoxy) is 1. The van der Waals surface area contributed by atoms with Crippen LogP contribution in [0.5, 0.6) is 5.88 Å². The fourth-order valence-electron chi connectivity index (χ4n) is 2.37. The van der Waals surface area contributed by atoms with E-state index in [4.69, 9.17) is 16.3 Å². The molecule has 2 aromatic heterocycles. The molecule has 20 heavy (non-hydrogen) atoms. The number of nitrogens with zero attached hydrogens (tertiary/aromatic N) is 4. The predicted molar refractivity (Wildman–Crippen MR) is 77.1 cm³/mol. The molecule has 5 nitrogen and oxygen atoms in total. The highest BCUT2D eigenvalue weighted by atomic mass is 35.5. The number of halogens is 1. The standard InChI is InChI=1S/C14H15ClN4O/c15-12-7-16-3-1-13(12)19-6-2-11(9-19)10-20-14-8-17-4-5-18-14/h1,3-5,7-8,11H,2,6,9-10H2. The van der Waals surface area contributed by atoms with E-state index in [1.165, 1.54) is 0 Å². The van der Waals surface area contributed by atoms with Crippen molar-refractivity contribution in [2.45, 2.75) is 6.42 Å². The first-order valence-corrected chi connectivity index (χ1v) is 6.94. The van der Waals surface area contributed by atoms with Crippen LogP contribution in [0.15, 0.2) is 37.1 Å². The molecule has 1 saturated heterocycles. The molecular weight excluding hydrogens is 276 g/mol. The Morgan fingerprint density at radius 1 is 1.25 bits per heavy atom. The third-order valence-electron chi connectivity index (χ3n) is 3.38. The zero-order chi connectivity index (χ0) is 13.8. The molecule has 104 valence electrons. The minimum absolute atomic E-state index is 0.473. The van der Waals surface area contributed by atoms with Crippen molar-refractivity contribution in [2.75, 3.05) is 24.6 Å². The Hall–Kier alpha value is -1.88. The van der Waals surface area contributed by atoms with Crippen LogP contribution in [0.2, 0.25) is 5.02 Å². The fraction of sp³-hybridized carbons (Fsp3) is 0.357. The van der Waals surface area contributed by atoms with E-state index < -0.39 is 0 Å². The fourth-order valence-corrected chi connectivity index (χ4v) is 2.61. The van der Waals surface area contributed by atoms with Crippen LogP contribution in [0.4, 0.5) is 5.69 Å². The van der Waals surface area contributed by atoms with Crippen molar-refractivity contribution in [2.24, 2.45) is 5.92 Å². The van der Waals surface area contributed by atoms with E-state index in [9.17, 15) is 0 Å². The monoisotopic (exact) mass is 290 g/mol. The summed E-state index contributed by atoms with van der Waals surface area (Å²) in [5.41, 5.74) is 1.05. The molecule has 0 radical (unpaired) electrons. The van der Waals surface area contributed by atoms with Crippen LogP contribution in [0, 0.1) is 5.92 Å². The lowest BCUT2D eigenvalue weighted by Crippen LogP contribution is -2.22. The average molecular weight is 291 g/mol. The summed E-state index contributed by atoms with van der Waals surface area (Å²) in [6, 6.07) is 1.95. The van der Waals surface area contributed by atoms with E-state index in [1.807, 2.05) is 6.07 Å². The number of aromatic nitrogens is 3. The Balaban J connectivity index is 1.56. The maximum atomic E-state index is 6.17. The molecule has 0 aromatic carbocycles. The molecule has 6 heteroatoms. The van der Waals surface area contributed by atoms with Crippen LogP contribution in [0.3, 0.4) is 0 Å². The second kappa shape index (κ2) is 6.05. The van der Waals surface area contributed by atoms with Gasteiger partial charge in [0.05, 0.1) is 23.5 Å². The number of pyridine rings is 1. The van der Waals surface area contributed by atoms with E-state index in [0.717, 1.165) is 25.2 Å². The third-order valence-corrected chi connectivity index (χ3v) is 3.68. The number of hydrogen-bond acceptors (Lipinski definition) is 5. The quantitative estimate of drug-likeness (QED) is 0.865. The van der Waals surface area contributed by atoms with Gasteiger partial charge in [0.2, 0.25) is 5.88 Å². The van der Waals surface area contributed by atoms with Crippen molar-refractivity contribution in [3.05, 3.63) is 42.1 Å². The first-order valence-electron chi connectivity index (χ1n) is 6.56. The smallest absolute Gasteiger partial charge is 0.232 e. The normalized spacial score (nSPS) is 18.2. The number of hydrogen-bond donors (Lipinski definition) is 0. The molecule has 0 N–H and O–H groups in total. The largest absolute Gasteiger partial charge is 0.476 e. The van der Waals surface area contributed by atoms with Gasteiger partial charge in [-0.2, -0.15) is 0 Å². The van der Waals surface area contributed by atoms with Gasteiger partial charge in [0.1, 0.15) is 0 Å². The second-order valence-corrected chi connectivity index (χ2v) is 5.19. The van der Waals surface area contributed by atoms with E-state index in [-0.39, 0.29) is 0 Å². The van der Waals surface area contributed by atoms with Gasteiger partial charge < -0.3 is 9.64 Å². The third kappa shape index (κ3) is 2.99. The molecule has 3 heterocycles. The van der Waals surface area contributed by atoms with Gasteiger partial charge in [0.25, 0.3) is 0 Å². The van der Waals surface area contributed by atoms with Gasteiger partial charge in [-0.05, 0) is 12.5 Å². The summed E-state index contributed by atoms with van der Waals surface area (Å²) in [4.78, 5) is 14.4. The van der Waals surface area contributed by atoms with Crippen LogP contribution in [-0.2, 0) is 0 Å². The maximum absolute atomic E-state index is 6.17. The Morgan fingerprint density at radius 3 is 2.95 bits per heavy atom. The zero-order valence-electron chi connectivity index (χ0n) is 10.9. The lowest BCUT2D eigenvalue weighted by Gasteiger charge is -2.19. The van der Waals surface area contributed by atoms with Gasteiger partial charge in [-0.1, -0.05) is 11.6 Å². The van der Waals surface area contributed by atoms with Gasteiger partial charge in [0, 0.05) is 43.8 Å². The Morgan fingerprint density at radius 2 is 2.15 bits per heavy atom. The van der Waals surface area contributed by atoms with Gasteiger partial charge in [-0.3, -0.25) is 9.97 Å². The van der Waals surface area contributed by atoms with Crippen molar-refractivity contribution >= 4 is 17.3 Å². The SMILES string of the molecule is Clc1cnccc1N1CCC(COc2cnccn2)C1. The topological polar surface area (TPSA) is 51.1 Å². The molecule has 0 aliphatic carbocycles. The van der Waals surface area contributed by atoms with Crippen LogP contribution < -0.4 is 9.64 Å². The van der Waals surface area contributed by atoms with Crippen molar-refractivity contribution in [1.82, 2.24) is 15.0 Å². The molecular formula is C14H15ClN4O. The van der Waals surface area contributed by atoms with E-state index >= 15 is 0 Å². The summed E-state index contributed by atoms with van der Waals surface area (Å²) >= 11 is 6.17. The van der Waals surface area contributed by atoms with Crippen molar-refractivity contribution in [3.8, 4) is 5.88 Å². The van der Waals surface area contributed by atoms with Crippen LogP contribution in [0.25, 0.3) is 0 Å². The number of rotatable bonds is 4. The van der Waals surface area contributed by atoms with Crippen molar-refractivity contribution in [1.29, 1.82) is 0 Å². The summed E-state index contributed by atoms with van der Waals surface area (Å²) in [7, 11) is 0. The highest BCUT2D eigenvalue weighted by Gasteiger charge is 2.24. The molecule has 1 fully saturated rings. The van der Waals surface area contributed by atoms with Gasteiger partial charge in [-0.15, -0.1) is 0 Å². The Labute approximate surface area is 122 Å². The van der Waals surface area contributed by atoms with E-state index in [1.54, 1.807) is 31.0 Å². The Kier molecular flexibility index (Phi) is 3.97. The van der Waals surface area contributed by atoms with Crippen LogP contribution >= 0.6 is 11.6 Å². The molecule has 1 aliphatic heterocycles. The molecule has 0 amide bonds. The van der Waals surface area contributed by atoms with Crippen molar-refractivity contribution < 1.29 is 4.74 Å². The minimum Gasteiger partial charge on any atom is -0.476 e. The summed E-state index contributed by atoms with van der Waals surface area (Å²) in [6.45, 7) is 2.57. The molecule has 0 bridgehead atoms. The first-order chi connectivity index (χ1) is 9.83. The predicted octanol–water partition coefficient (Wildman–Crippen LogP) is 2.43. The summed E-state index contributed by atoms with van der Waals surface area (Å²) in [6.07, 6.45) is 9.43. The van der Waals surface area contributed by atoms with Crippen LogP contribution in [-0.4, -0.2) is 34.6 Å². The summed E-state index contributed by atoms with van der Waals surface area (Å²) < 4.78 is 5.66. The van der Waals surface area contributed by atoms with Crippen molar-refractivity contribution in [3.63, 3.8) is 0 Å². The van der Waals surface area contributed by atoms with E-state index in [0.29, 0.717) is 23.4 Å². The molecule has 2 aromatic rings. The zero-order valence-corrected chi connectivity index (χ0v) is 11.7. The van der Waals surface area contributed by atoms with Gasteiger partial charge in [0.15, 0.2) is 0 Å². The highest BCUT2D eigenvalue weighted by molar-refractivity contribution is 6.33. The molecule has 3 rings (SSSR count). The van der Waals surface area contributed by atoms with Crippen LogP contribution in [0.1, 0.15) is 6.42 Å². The second-order valence-electron chi connectivity index (χ2n) is 4.78. The summed E-state index contributed by atoms with van der Waals surface area (Å²) in [5, 5.41) is 0.697. The first kappa shape index (κ1) is 13.1. The number of anilines is 1. The average Bonchev–Trinajstić information content (AvgIpc) is 2.95.